The van der Waals surface area contributed by atoms with Gasteiger partial charge in [0.15, 0.2) is 0 Å². The van der Waals surface area contributed by atoms with Crippen molar-refractivity contribution in [1.29, 1.82) is 0 Å². The second kappa shape index (κ2) is 28.4. The first-order valence-corrected chi connectivity index (χ1v) is 26.9. The van der Waals surface area contributed by atoms with Gasteiger partial charge in [0.25, 0.3) is 0 Å². The molecule has 0 radical (unpaired) electrons. The fourth-order valence-corrected chi connectivity index (χ4v) is 9.24. The van der Waals surface area contributed by atoms with Gasteiger partial charge in [0.05, 0.1) is 50.7 Å². The molecule has 0 saturated carbocycles. The number of esters is 4. The zero-order valence-electron chi connectivity index (χ0n) is 47.8. The lowest BCUT2D eigenvalue weighted by atomic mass is 9.70. The summed E-state index contributed by atoms with van der Waals surface area (Å²) < 4.78 is 19.6. The molecule has 0 bridgehead atoms. The Kier molecular flexibility index (Phi) is 20.0. The van der Waals surface area contributed by atoms with Gasteiger partial charge in [-0.2, -0.15) is 0 Å². The standard InChI is InChI=1S/C76H58O8/c1-51-17-21-56(22-18-51)31-41-64-46-68-48-69-47-65(42-32-58-27-37-62(38-28-58)75(79)83-7)67(44-34-59-29-39-63(40-30-59)76(80)84-8)50-71(69)72(70(68)49-66(64)43-33-57-23-19-52(2)20-24-57)54(4)45-60(14-11-9-10-13-53(3)73(77)81-5)16-12-15-55-25-35-61(36-26-55)74(78)82-6/h10,13,17-30,35-40,45-47,49-50,54,72H,3,9,16,48H2,1-2,4-8H3/b13-10-,60-45-. The van der Waals surface area contributed by atoms with E-state index in [0.29, 0.717) is 63.8 Å². The molecule has 0 heterocycles. The minimum atomic E-state index is -0.527. The molecule has 8 nitrogen and oxygen atoms in total. The Morgan fingerprint density at radius 3 is 1.25 bits per heavy atom. The van der Waals surface area contributed by atoms with Gasteiger partial charge in [0, 0.05) is 74.4 Å². The van der Waals surface area contributed by atoms with Crippen LogP contribution in [0.25, 0.3) is 0 Å². The Labute approximate surface area is 492 Å². The van der Waals surface area contributed by atoms with Crippen LogP contribution in [0, 0.1) is 90.8 Å². The van der Waals surface area contributed by atoms with Crippen LogP contribution in [-0.2, 0) is 30.2 Å². The van der Waals surface area contributed by atoms with Crippen LogP contribution in [-0.4, -0.2) is 52.3 Å². The molecule has 2 atom stereocenters. The zero-order valence-corrected chi connectivity index (χ0v) is 47.8. The fourth-order valence-electron chi connectivity index (χ4n) is 9.24. The first kappa shape index (κ1) is 59.1. The molecule has 7 aromatic rings. The highest BCUT2D eigenvalue weighted by molar-refractivity contribution is 5.91. The average Bonchev–Trinajstić information content (AvgIpc) is 1.63. The molecule has 410 valence electrons. The SMILES string of the molecule is C=C(/C=C\CC#C/C(=C/C(C)C1c2cc(C#Cc3ccc(C)cc3)c(C#Cc3ccc(C)cc3)cc2Cc2cc(C#Cc3ccc(C(=O)OC)cc3)c(C#Cc3ccc(C(=O)OC)cc3)cc21)CC#Cc1ccc(C(=O)OC)cc1)C(=O)OC. The van der Waals surface area contributed by atoms with E-state index in [-0.39, 0.29) is 17.4 Å². The Morgan fingerprint density at radius 1 is 0.500 bits per heavy atom. The Bertz CT molecular complexity index is 4160. The van der Waals surface area contributed by atoms with Crippen molar-refractivity contribution in [2.24, 2.45) is 5.92 Å². The smallest absolute Gasteiger partial charge is 0.337 e. The van der Waals surface area contributed by atoms with Crippen LogP contribution in [0.2, 0.25) is 0 Å². The number of hydrogen-bond donors (Lipinski definition) is 0. The van der Waals surface area contributed by atoms with E-state index in [9.17, 15) is 19.2 Å². The molecule has 8 heteroatoms. The Hall–Kier alpha value is -11.0. The molecule has 2 unspecified atom stereocenters. The van der Waals surface area contributed by atoms with Gasteiger partial charge < -0.3 is 18.9 Å². The predicted octanol–water partition coefficient (Wildman–Crippen LogP) is 13.0. The third kappa shape index (κ3) is 15.7. The number of ether oxygens (including phenoxy) is 4. The van der Waals surface area contributed by atoms with Gasteiger partial charge in [-0.05, 0) is 170 Å². The minimum absolute atomic E-state index is 0.207. The number of allylic oxidation sites excluding steroid dienone is 3. The van der Waals surface area contributed by atoms with Crippen LogP contribution in [0.3, 0.4) is 0 Å². The largest absolute Gasteiger partial charge is 0.465 e. The molecular weight excluding hydrogens is 1040 g/mol. The van der Waals surface area contributed by atoms with E-state index < -0.39 is 23.9 Å². The molecule has 1 aliphatic carbocycles. The van der Waals surface area contributed by atoms with Crippen LogP contribution >= 0.6 is 0 Å². The summed E-state index contributed by atoms with van der Waals surface area (Å²) in [4.78, 5) is 49.0. The van der Waals surface area contributed by atoms with E-state index in [1.54, 1.807) is 84.9 Å². The summed E-state index contributed by atoms with van der Waals surface area (Å²) in [5.74, 6) is 38.3. The van der Waals surface area contributed by atoms with Gasteiger partial charge in [0.2, 0.25) is 0 Å². The van der Waals surface area contributed by atoms with Crippen LogP contribution in [0.5, 0.6) is 0 Å². The molecule has 0 saturated heterocycles. The van der Waals surface area contributed by atoms with Crippen molar-refractivity contribution in [3.8, 4) is 71.0 Å². The molecule has 7 aromatic carbocycles. The first-order chi connectivity index (χ1) is 40.7. The number of benzene rings is 7. The van der Waals surface area contributed by atoms with Crippen LogP contribution in [0.1, 0.15) is 140 Å². The molecule has 0 aromatic heterocycles. The molecule has 1 aliphatic rings. The quantitative estimate of drug-likeness (QED) is 0.0463. The maximum Gasteiger partial charge on any atom is 0.337 e. The molecule has 0 fully saturated rings. The number of rotatable bonds is 9. The van der Waals surface area contributed by atoms with E-state index in [0.717, 1.165) is 61.2 Å². The van der Waals surface area contributed by atoms with E-state index in [1.165, 1.54) is 28.4 Å². The van der Waals surface area contributed by atoms with Gasteiger partial charge in [-0.1, -0.05) is 138 Å². The van der Waals surface area contributed by atoms with Crippen molar-refractivity contribution in [3.63, 3.8) is 0 Å². The van der Waals surface area contributed by atoms with Crippen molar-refractivity contribution in [1.82, 2.24) is 0 Å². The van der Waals surface area contributed by atoms with E-state index in [2.05, 4.69) is 134 Å². The number of aryl methyl sites for hydroxylation is 2. The molecule has 84 heavy (non-hydrogen) atoms. The lowest BCUT2D eigenvalue weighted by Gasteiger charge is -2.33. The van der Waals surface area contributed by atoms with Crippen molar-refractivity contribution in [2.75, 3.05) is 28.4 Å². The van der Waals surface area contributed by atoms with Crippen molar-refractivity contribution in [2.45, 2.75) is 46.0 Å². The predicted molar refractivity (Wildman–Crippen MR) is 329 cm³/mol. The van der Waals surface area contributed by atoms with Crippen LogP contribution in [0.4, 0.5) is 0 Å². The van der Waals surface area contributed by atoms with Gasteiger partial charge in [0.1, 0.15) is 0 Å². The summed E-state index contributed by atoms with van der Waals surface area (Å²) >= 11 is 0. The summed E-state index contributed by atoms with van der Waals surface area (Å²) in [6.45, 7) is 10.1. The second-order valence-electron chi connectivity index (χ2n) is 19.7. The van der Waals surface area contributed by atoms with E-state index >= 15 is 0 Å². The lowest BCUT2D eigenvalue weighted by Crippen LogP contribution is -2.20. The lowest BCUT2D eigenvalue weighted by molar-refractivity contribution is -0.135. The van der Waals surface area contributed by atoms with E-state index in [4.69, 9.17) is 18.9 Å². The van der Waals surface area contributed by atoms with Gasteiger partial charge in [-0.15, -0.1) is 0 Å². The number of hydrogen-bond acceptors (Lipinski definition) is 8. The van der Waals surface area contributed by atoms with Gasteiger partial charge in [-0.3, -0.25) is 0 Å². The first-order valence-electron chi connectivity index (χ1n) is 26.9. The van der Waals surface area contributed by atoms with Crippen LogP contribution < -0.4 is 0 Å². The highest BCUT2D eigenvalue weighted by atomic mass is 16.5. The van der Waals surface area contributed by atoms with E-state index in [1.807, 2.05) is 43.3 Å². The summed E-state index contributed by atoms with van der Waals surface area (Å²) in [6.07, 6.45) is 6.69. The maximum absolute atomic E-state index is 12.4. The van der Waals surface area contributed by atoms with Crippen molar-refractivity contribution < 1.29 is 38.1 Å². The Balaban J connectivity index is 1.33. The number of carbonyl (C=O) groups is 4. The monoisotopic (exact) mass is 1100 g/mol. The maximum atomic E-state index is 12.4. The number of carbonyl (C=O) groups excluding carboxylic acids is 4. The van der Waals surface area contributed by atoms with Gasteiger partial charge >= 0.3 is 23.9 Å². The normalized spacial score (nSPS) is 12.0. The topological polar surface area (TPSA) is 105 Å². The zero-order chi connectivity index (χ0) is 59.5. The van der Waals surface area contributed by atoms with Crippen molar-refractivity contribution >= 4 is 23.9 Å². The highest BCUT2D eigenvalue weighted by Gasteiger charge is 2.31. The summed E-state index contributed by atoms with van der Waals surface area (Å²) in [6, 6.07) is 45.7. The van der Waals surface area contributed by atoms with Gasteiger partial charge in [-0.25, -0.2) is 19.2 Å². The molecule has 0 N–H and O–H groups in total. The summed E-state index contributed by atoms with van der Waals surface area (Å²) in [5, 5.41) is 0. The fraction of sp³-hybridized carbons (Fsp3) is 0.158. The second-order valence-corrected chi connectivity index (χ2v) is 19.7. The summed E-state index contributed by atoms with van der Waals surface area (Å²) in [5.41, 5.74) is 15.5. The number of methoxy groups -OCH3 is 4. The summed E-state index contributed by atoms with van der Waals surface area (Å²) in [7, 11) is 5.34. The molecule has 8 rings (SSSR count). The highest BCUT2D eigenvalue weighted by Crippen LogP contribution is 2.44. The molecule has 0 amide bonds. The van der Waals surface area contributed by atoms with Crippen LogP contribution in [0.15, 0.2) is 182 Å². The molecule has 0 aliphatic heterocycles. The minimum Gasteiger partial charge on any atom is -0.465 e. The third-order valence-corrected chi connectivity index (χ3v) is 13.7. The molecule has 0 spiro atoms. The Morgan fingerprint density at radius 2 is 0.869 bits per heavy atom. The number of fused-ring (bicyclic) bond motifs is 2. The average molecular weight is 1100 g/mol. The van der Waals surface area contributed by atoms with Crippen molar-refractivity contribution in [3.05, 3.63) is 282 Å². The molecular formula is C76H58O8. The third-order valence-electron chi connectivity index (χ3n) is 13.7.